The minimum absolute atomic E-state index is 0.159. The van der Waals surface area contributed by atoms with Gasteiger partial charge in [-0.25, -0.2) is 4.79 Å². The number of fused-ring (bicyclic) bond motifs is 5. The van der Waals surface area contributed by atoms with Gasteiger partial charge in [-0.15, -0.1) is 0 Å². The molecule has 2 aromatic carbocycles. The van der Waals surface area contributed by atoms with Crippen molar-refractivity contribution < 1.29 is 23.9 Å². The third-order valence-corrected chi connectivity index (χ3v) is 7.84. The molecule has 0 spiro atoms. The molecule has 1 heterocycles. The van der Waals surface area contributed by atoms with E-state index in [0.717, 1.165) is 41.7 Å². The monoisotopic (exact) mass is 474 g/mol. The summed E-state index contributed by atoms with van der Waals surface area (Å²) in [6, 6.07) is 15.6. The van der Waals surface area contributed by atoms with Crippen molar-refractivity contribution in [2.75, 3.05) is 11.9 Å². The predicted octanol–water partition coefficient (Wildman–Crippen LogP) is 3.37. The van der Waals surface area contributed by atoms with Crippen molar-refractivity contribution in [3.05, 3.63) is 65.7 Å². The number of nitrogens with one attached hydrogen (secondary N) is 1. The van der Waals surface area contributed by atoms with Crippen molar-refractivity contribution in [3.8, 4) is 0 Å². The first-order valence-electron chi connectivity index (χ1n) is 12.4. The number of anilines is 1. The molecule has 2 aliphatic carbocycles. The molecular weight excluding hydrogens is 444 g/mol. The Morgan fingerprint density at radius 3 is 2.26 bits per heavy atom. The number of nitrogens with zero attached hydrogens (tertiary/aromatic N) is 1. The van der Waals surface area contributed by atoms with E-state index in [-0.39, 0.29) is 41.9 Å². The molecule has 5 atom stereocenters. The zero-order chi connectivity index (χ0) is 24.5. The van der Waals surface area contributed by atoms with Crippen LogP contribution >= 0.6 is 0 Å². The van der Waals surface area contributed by atoms with E-state index in [1.165, 1.54) is 0 Å². The summed E-state index contributed by atoms with van der Waals surface area (Å²) in [5.74, 6) is -1.90. The van der Waals surface area contributed by atoms with E-state index in [1.54, 1.807) is 6.07 Å². The quantitative estimate of drug-likeness (QED) is 0.468. The van der Waals surface area contributed by atoms with E-state index in [4.69, 9.17) is 4.74 Å². The van der Waals surface area contributed by atoms with Crippen molar-refractivity contribution in [2.45, 2.75) is 45.1 Å². The molecular formula is C28H30N2O5. The molecule has 7 nitrogen and oxygen atoms in total. The zero-order valence-electron chi connectivity index (χ0n) is 19.8. The Balaban J connectivity index is 1.32. The molecule has 35 heavy (non-hydrogen) atoms. The van der Waals surface area contributed by atoms with E-state index in [0.29, 0.717) is 5.69 Å². The Morgan fingerprint density at radius 1 is 0.971 bits per heavy atom. The van der Waals surface area contributed by atoms with Gasteiger partial charge in [0.2, 0.25) is 11.8 Å². The molecule has 1 aliphatic heterocycles. The molecule has 0 radical (unpaired) electrons. The van der Waals surface area contributed by atoms with Crippen LogP contribution in [0, 0.1) is 23.7 Å². The average molecular weight is 475 g/mol. The second kappa shape index (κ2) is 9.64. The van der Waals surface area contributed by atoms with Crippen LogP contribution in [0.2, 0.25) is 0 Å². The first-order valence-corrected chi connectivity index (χ1v) is 12.4. The van der Waals surface area contributed by atoms with E-state index in [9.17, 15) is 19.2 Å². The lowest BCUT2D eigenvalue weighted by atomic mass is 9.81. The van der Waals surface area contributed by atoms with Gasteiger partial charge in [0.15, 0.2) is 6.61 Å². The first kappa shape index (κ1) is 23.3. The molecule has 5 rings (SSSR count). The smallest absolute Gasteiger partial charge is 0.330 e. The van der Waals surface area contributed by atoms with Crippen molar-refractivity contribution in [2.24, 2.45) is 23.7 Å². The number of carbonyl (C=O) groups is 4. The maximum absolute atomic E-state index is 13.4. The van der Waals surface area contributed by atoms with Crippen LogP contribution in [0.25, 0.3) is 0 Å². The van der Waals surface area contributed by atoms with Crippen molar-refractivity contribution in [3.63, 3.8) is 0 Å². The second-order valence-corrected chi connectivity index (χ2v) is 9.80. The van der Waals surface area contributed by atoms with Gasteiger partial charge in [0.1, 0.15) is 6.04 Å². The van der Waals surface area contributed by atoms with Crippen LogP contribution in [-0.4, -0.2) is 41.2 Å². The molecule has 182 valence electrons. The molecule has 2 saturated carbocycles. The lowest BCUT2D eigenvalue weighted by Crippen LogP contribution is -2.48. The average Bonchev–Trinajstić information content (AvgIpc) is 3.56. The number of likely N-dealkylation sites (tertiary alicyclic amines) is 1. The summed E-state index contributed by atoms with van der Waals surface area (Å²) < 4.78 is 5.39. The van der Waals surface area contributed by atoms with Gasteiger partial charge in [-0.3, -0.25) is 19.3 Å². The van der Waals surface area contributed by atoms with Gasteiger partial charge in [-0.1, -0.05) is 55.5 Å². The van der Waals surface area contributed by atoms with E-state index in [2.05, 4.69) is 5.32 Å². The lowest BCUT2D eigenvalue weighted by molar-refractivity contribution is -0.160. The molecule has 2 bridgehead atoms. The van der Waals surface area contributed by atoms with Crippen LogP contribution < -0.4 is 5.32 Å². The Kier molecular flexibility index (Phi) is 6.41. The van der Waals surface area contributed by atoms with Crippen LogP contribution in [0.3, 0.4) is 0 Å². The number of ether oxygens (including phenoxy) is 1. The molecule has 7 heteroatoms. The Labute approximate surface area is 204 Å². The minimum atomic E-state index is -1.09. The van der Waals surface area contributed by atoms with Crippen LogP contribution in [0.5, 0.6) is 0 Å². The Hall–Kier alpha value is -3.48. The number of hydrogen-bond acceptors (Lipinski definition) is 5. The third kappa shape index (κ3) is 4.35. The van der Waals surface area contributed by atoms with Crippen molar-refractivity contribution in [1.82, 2.24) is 4.90 Å². The maximum atomic E-state index is 13.4. The highest BCUT2D eigenvalue weighted by Crippen LogP contribution is 2.56. The Bertz CT molecular complexity index is 1120. The molecule has 3 aliphatic rings. The fourth-order valence-electron chi connectivity index (χ4n) is 6.23. The minimum Gasteiger partial charge on any atom is -0.454 e. The highest BCUT2D eigenvalue weighted by Gasteiger charge is 2.62. The molecule has 3 fully saturated rings. The van der Waals surface area contributed by atoms with Crippen molar-refractivity contribution in [1.29, 1.82) is 0 Å². The number of carbonyl (C=O) groups excluding carboxylic acids is 4. The number of amides is 3. The number of aryl methyl sites for hydroxylation is 1. The van der Waals surface area contributed by atoms with Gasteiger partial charge < -0.3 is 10.1 Å². The first-order chi connectivity index (χ1) is 17.0. The summed E-state index contributed by atoms with van der Waals surface area (Å²) in [4.78, 5) is 53.7. The van der Waals surface area contributed by atoms with Gasteiger partial charge in [0, 0.05) is 12.1 Å². The third-order valence-electron chi connectivity index (χ3n) is 7.84. The molecule has 1 saturated heterocycles. The normalized spacial score (nSPS) is 25.5. The van der Waals surface area contributed by atoms with E-state index in [1.807, 2.05) is 55.5 Å². The van der Waals surface area contributed by atoms with Crippen molar-refractivity contribution >= 4 is 29.4 Å². The molecule has 3 amide bonds. The number of para-hydroxylation sites is 1. The van der Waals surface area contributed by atoms with Gasteiger partial charge in [0.25, 0.3) is 5.91 Å². The second-order valence-electron chi connectivity index (χ2n) is 9.80. The highest BCUT2D eigenvalue weighted by molar-refractivity contribution is 6.08. The summed E-state index contributed by atoms with van der Waals surface area (Å²) in [5.41, 5.74) is 2.46. The summed E-state index contributed by atoms with van der Waals surface area (Å²) in [7, 11) is 0. The molecule has 1 N–H and O–H groups in total. The fraction of sp³-hybridized carbons (Fsp3) is 0.429. The number of hydrogen-bond donors (Lipinski definition) is 1. The SMILES string of the molecule is CCc1ccccc1NC(=O)COC(=O)[C@H](Cc1ccccc1)N1C(=O)[C@@H]2[C@H]3CC[C@@H](C3)[C@H]2C1=O. The molecule has 0 aromatic heterocycles. The maximum Gasteiger partial charge on any atom is 0.330 e. The van der Waals surface area contributed by atoms with Crippen LogP contribution in [0.1, 0.15) is 37.3 Å². The van der Waals surface area contributed by atoms with Gasteiger partial charge >= 0.3 is 5.97 Å². The fourth-order valence-corrected chi connectivity index (χ4v) is 6.23. The summed E-state index contributed by atoms with van der Waals surface area (Å²) in [5, 5.41) is 2.78. The lowest BCUT2D eigenvalue weighted by Gasteiger charge is -2.26. The van der Waals surface area contributed by atoms with Crippen LogP contribution in [0.4, 0.5) is 5.69 Å². The zero-order valence-corrected chi connectivity index (χ0v) is 19.8. The summed E-state index contributed by atoms with van der Waals surface area (Å²) in [6.07, 6.45) is 3.76. The highest BCUT2D eigenvalue weighted by atomic mass is 16.5. The number of imide groups is 1. The Morgan fingerprint density at radius 2 is 1.60 bits per heavy atom. The van der Waals surface area contributed by atoms with Gasteiger partial charge in [-0.2, -0.15) is 0 Å². The standard InChI is InChI=1S/C28H30N2O5/c1-2-18-10-6-7-11-21(18)29-23(31)16-35-28(34)22(14-17-8-4-3-5-9-17)30-26(32)24-19-12-13-20(15-19)25(24)27(30)33/h3-11,19-20,22,24-25H,2,12-16H2,1H3,(H,29,31)/t19-,20-,22-,24+,25+/m0/s1. The van der Waals surface area contributed by atoms with E-state index >= 15 is 0 Å². The summed E-state index contributed by atoms with van der Waals surface area (Å²) in [6.45, 7) is 1.50. The number of benzene rings is 2. The topological polar surface area (TPSA) is 92.8 Å². The van der Waals surface area contributed by atoms with Crippen LogP contribution in [0.15, 0.2) is 54.6 Å². The van der Waals surface area contributed by atoms with E-state index < -0.39 is 24.5 Å². The number of rotatable bonds is 8. The van der Waals surface area contributed by atoms with Gasteiger partial charge in [0.05, 0.1) is 11.8 Å². The molecule has 0 unspecified atom stereocenters. The van der Waals surface area contributed by atoms with Gasteiger partial charge in [-0.05, 0) is 54.7 Å². The summed E-state index contributed by atoms with van der Waals surface area (Å²) >= 11 is 0. The van der Waals surface area contributed by atoms with Crippen LogP contribution in [-0.2, 0) is 36.8 Å². The largest absolute Gasteiger partial charge is 0.454 e. The predicted molar refractivity (Wildman–Crippen MR) is 129 cm³/mol. The molecule has 2 aromatic rings. The number of esters is 1.